The number of rotatable bonds is 8. The fourth-order valence-electron chi connectivity index (χ4n) is 2.80. The van der Waals surface area contributed by atoms with Crippen molar-refractivity contribution in [2.24, 2.45) is 0 Å². The molecule has 1 N–H and O–H groups in total. The summed E-state index contributed by atoms with van der Waals surface area (Å²) in [5.74, 6) is 0.717. The van der Waals surface area contributed by atoms with E-state index in [0.29, 0.717) is 0 Å². The van der Waals surface area contributed by atoms with E-state index in [1.807, 2.05) is 23.6 Å². The van der Waals surface area contributed by atoms with Gasteiger partial charge in [-0.25, -0.2) is 4.98 Å². The van der Waals surface area contributed by atoms with Crippen LogP contribution in [0.1, 0.15) is 40.6 Å². The van der Waals surface area contributed by atoms with Gasteiger partial charge in [0.05, 0.1) is 11.6 Å². The lowest BCUT2D eigenvalue weighted by Gasteiger charge is -2.23. The summed E-state index contributed by atoms with van der Waals surface area (Å²) in [6, 6.07) is 10.5. The van der Waals surface area contributed by atoms with Gasteiger partial charge in [-0.2, -0.15) is 0 Å². The molecule has 1 aliphatic carbocycles. The lowest BCUT2D eigenvalue weighted by molar-refractivity contribution is 0.192. The molecule has 118 valence electrons. The number of hydrogen-bond acceptors (Lipinski definition) is 4. The van der Waals surface area contributed by atoms with Crippen molar-refractivity contribution in [2.45, 2.75) is 38.1 Å². The fourth-order valence-corrected chi connectivity index (χ4v) is 3.93. The molecule has 0 spiro atoms. The van der Waals surface area contributed by atoms with Crippen LogP contribution in [0.4, 0.5) is 0 Å². The molecule has 1 aromatic heterocycles. The maximum atomic E-state index is 9.30. The minimum Gasteiger partial charge on any atom is -0.395 e. The van der Waals surface area contributed by atoms with Gasteiger partial charge in [-0.3, -0.25) is 4.90 Å². The Kier molecular flexibility index (Phi) is 5.59. The van der Waals surface area contributed by atoms with E-state index in [-0.39, 0.29) is 6.61 Å². The summed E-state index contributed by atoms with van der Waals surface area (Å²) in [6.45, 7) is 2.81. The first-order valence-electron chi connectivity index (χ1n) is 8.17. The molecule has 0 unspecified atom stereocenters. The summed E-state index contributed by atoms with van der Waals surface area (Å²) >= 11 is 1.86. The van der Waals surface area contributed by atoms with Crippen molar-refractivity contribution in [2.75, 3.05) is 19.7 Å². The van der Waals surface area contributed by atoms with E-state index in [0.717, 1.165) is 32.0 Å². The van der Waals surface area contributed by atoms with Crippen LogP contribution < -0.4 is 0 Å². The molecule has 4 heteroatoms. The zero-order valence-corrected chi connectivity index (χ0v) is 13.8. The average Bonchev–Trinajstić information content (AvgIpc) is 2.92. The normalized spacial score (nSPS) is 15.2. The Hall–Kier alpha value is -1.23. The predicted molar refractivity (Wildman–Crippen MR) is 91.2 cm³/mol. The molecule has 3 nitrogen and oxygen atoms in total. The largest absolute Gasteiger partial charge is 0.395 e. The summed E-state index contributed by atoms with van der Waals surface area (Å²) < 4.78 is 0. The summed E-state index contributed by atoms with van der Waals surface area (Å²) in [5.41, 5.74) is 1.35. The molecule has 1 fully saturated rings. The Labute approximate surface area is 136 Å². The zero-order valence-electron chi connectivity index (χ0n) is 12.9. The van der Waals surface area contributed by atoms with Crippen molar-refractivity contribution < 1.29 is 5.11 Å². The van der Waals surface area contributed by atoms with Crippen LogP contribution in [0.3, 0.4) is 0 Å². The van der Waals surface area contributed by atoms with E-state index < -0.39 is 0 Å². The van der Waals surface area contributed by atoms with Crippen molar-refractivity contribution >= 4 is 11.3 Å². The Morgan fingerprint density at radius 1 is 1.18 bits per heavy atom. The number of aromatic nitrogens is 1. The molecule has 3 rings (SSSR count). The third-order valence-corrected chi connectivity index (χ3v) is 5.53. The second kappa shape index (κ2) is 7.86. The molecule has 22 heavy (non-hydrogen) atoms. The topological polar surface area (TPSA) is 36.4 Å². The number of aliphatic hydroxyl groups is 1. The van der Waals surface area contributed by atoms with Gasteiger partial charge < -0.3 is 5.11 Å². The van der Waals surface area contributed by atoms with Crippen LogP contribution in [0.25, 0.3) is 0 Å². The third-order valence-electron chi connectivity index (χ3n) is 4.38. The lowest BCUT2D eigenvalue weighted by atomic mass is 9.86. The monoisotopic (exact) mass is 316 g/mol. The van der Waals surface area contributed by atoms with Crippen LogP contribution in [-0.4, -0.2) is 34.7 Å². The Balaban J connectivity index is 1.55. The molecule has 1 aliphatic rings. The molecule has 1 heterocycles. The van der Waals surface area contributed by atoms with Crippen LogP contribution in [0.2, 0.25) is 0 Å². The van der Waals surface area contributed by atoms with Gasteiger partial charge in [0.1, 0.15) is 0 Å². The van der Waals surface area contributed by atoms with E-state index in [4.69, 9.17) is 0 Å². The summed E-state index contributed by atoms with van der Waals surface area (Å²) in [7, 11) is 0. The molecule has 0 saturated heterocycles. The maximum absolute atomic E-state index is 9.30. The van der Waals surface area contributed by atoms with Crippen molar-refractivity contribution in [1.82, 2.24) is 9.88 Å². The SMILES string of the molecule is OCCN(CCc1ccccc1)Cc1cnc(C2CCC2)s1. The van der Waals surface area contributed by atoms with E-state index in [2.05, 4.69) is 34.1 Å². The zero-order chi connectivity index (χ0) is 15.2. The van der Waals surface area contributed by atoms with Gasteiger partial charge in [-0.1, -0.05) is 36.8 Å². The van der Waals surface area contributed by atoms with Crippen LogP contribution in [-0.2, 0) is 13.0 Å². The van der Waals surface area contributed by atoms with E-state index in [9.17, 15) is 5.11 Å². The highest BCUT2D eigenvalue weighted by Gasteiger charge is 2.22. The number of hydrogen-bond donors (Lipinski definition) is 1. The molecule has 1 saturated carbocycles. The van der Waals surface area contributed by atoms with Crippen molar-refractivity contribution in [3.05, 3.63) is 52.0 Å². The fraction of sp³-hybridized carbons (Fsp3) is 0.500. The van der Waals surface area contributed by atoms with Crippen LogP contribution in [0.15, 0.2) is 36.5 Å². The molecule has 0 radical (unpaired) electrons. The molecule has 0 bridgehead atoms. The molecule has 2 aromatic rings. The smallest absolute Gasteiger partial charge is 0.0959 e. The van der Waals surface area contributed by atoms with Crippen LogP contribution >= 0.6 is 11.3 Å². The number of benzene rings is 1. The predicted octanol–water partition coefficient (Wildman–Crippen LogP) is 3.45. The first kappa shape index (κ1) is 15.7. The summed E-state index contributed by atoms with van der Waals surface area (Å²) in [4.78, 5) is 8.25. The second-order valence-corrected chi connectivity index (χ2v) is 7.17. The van der Waals surface area contributed by atoms with Crippen molar-refractivity contribution in [3.63, 3.8) is 0 Å². The Bertz CT molecular complexity index is 565. The van der Waals surface area contributed by atoms with Gasteiger partial charge in [-0.15, -0.1) is 11.3 Å². The Morgan fingerprint density at radius 2 is 2.00 bits per heavy atom. The van der Waals surface area contributed by atoms with Crippen LogP contribution in [0.5, 0.6) is 0 Å². The minimum atomic E-state index is 0.211. The Morgan fingerprint density at radius 3 is 2.68 bits per heavy atom. The third kappa shape index (κ3) is 4.15. The van der Waals surface area contributed by atoms with Gasteiger partial charge in [-0.05, 0) is 24.8 Å². The van der Waals surface area contributed by atoms with Crippen molar-refractivity contribution in [1.29, 1.82) is 0 Å². The summed E-state index contributed by atoms with van der Waals surface area (Å²) in [6.07, 6.45) is 7.02. The number of aliphatic hydroxyl groups excluding tert-OH is 1. The number of nitrogens with zero attached hydrogens (tertiary/aromatic N) is 2. The van der Waals surface area contributed by atoms with Gasteiger partial charge in [0.15, 0.2) is 0 Å². The maximum Gasteiger partial charge on any atom is 0.0959 e. The van der Waals surface area contributed by atoms with Crippen LogP contribution in [0, 0.1) is 0 Å². The van der Waals surface area contributed by atoms with Gasteiger partial charge in [0, 0.05) is 36.6 Å². The van der Waals surface area contributed by atoms with E-state index in [1.54, 1.807) is 0 Å². The molecule has 1 aromatic carbocycles. The summed E-state index contributed by atoms with van der Waals surface area (Å²) in [5, 5.41) is 10.6. The van der Waals surface area contributed by atoms with E-state index >= 15 is 0 Å². The van der Waals surface area contributed by atoms with Gasteiger partial charge in [0.2, 0.25) is 0 Å². The average molecular weight is 316 g/mol. The van der Waals surface area contributed by atoms with Crippen molar-refractivity contribution in [3.8, 4) is 0 Å². The first-order valence-corrected chi connectivity index (χ1v) is 8.98. The van der Waals surface area contributed by atoms with Gasteiger partial charge in [0.25, 0.3) is 0 Å². The van der Waals surface area contributed by atoms with E-state index in [1.165, 1.54) is 34.7 Å². The lowest BCUT2D eigenvalue weighted by Crippen LogP contribution is -2.28. The molecular formula is C18H24N2OS. The highest BCUT2D eigenvalue weighted by molar-refractivity contribution is 7.11. The van der Waals surface area contributed by atoms with Gasteiger partial charge >= 0.3 is 0 Å². The standard InChI is InChI=1S/C18H24N2OS/c21-12-11-20(10-9-15-5-2-1-3-6-15)14-17-13-19-18(22-17)16-7-4-8-16/h1-3,5-6,13,16,21H,4,7-12,14H2. The first-order chi connectivity index (χ1) is 10.8. The minimum absolute atomic E-state index is 0.211. The molecular weight excluding hydrogens is 292 g/mol. The molecule has 0 atom stereocenters. The molecule has 0 amide bonds. The highest BCUT2D eigenvalue weighted by atomic mass is 32.1. The quantitative estimate of drug-likeness (QED) is 0.810. The molecule has 0 aliphatic heterocycles. The second-order valence-electron chi connectivity index (χ2n) is 6.03. The highest BCUT2D eigenvalue weighted by Crippen LogP contribution is 2.38. The number of thiazole rings is 1.